The molecule has 2 heterocycles. The van der Waals surface area contributed by atoms with Gasteiger partial charge in [0.25, 0.3) is 0 Å². The fourth-order valence-corrected chi connectivity index (χ4v) is 4.56. The Kier molecular flexibility index (Phi) is 8.85. The van der Waals surface area contributed by atoms with Crippen LogP contribution in [0.5, 0.6) is 5.75 Å². The van der Waals surface area contributed by atoms with Crippen molar-refractivity contribution in [2.24, 2.45) is 0 Å². The van der Waals surface area contributed by atoms with Crippen LogP contribution in [0.4, 0.5) is 36.1 Å². The van der Waals surface area contributed by atoms with Crippen LogP contribution < -0.4 is 25.4 Å². The van der Waals surface area contributed by atoms with Crippen molar-refractivity contribution >= 4 is 40.5 Å². The number of pyridine rings is 1. The quantitative estimate of drug-likeness (QED) is 0.195. The number of nitrogens with two attached hydrogens (primary N) is 1. The molecule has 0 bridgehead atoms. The number of nitrogen functional groups attached to an aromatic ring is 1. The first-order chi connectivity index (χ1) is 18.3. The van der Waals surface area contributed by atoms with Crippen LogP contribution in [0, 0.1) is 11.2 Å². The lowest BCUT2D eigenvalue weighted by Gasteiger charge is -2.31. The zero-order valence-electron chi connectivity index (χ0n) is 20.9. The Labute approximate surface area is 223 Å². The number of nitrogens with one attached hydrogen (secondary N) is 3. The van der Waals surface area contributed by atoms with Gasteiger partial charge in [-0.25, -0.2) is 9.37 Å². The number of alkyl halides is 2. The molecule has 1 aromatic heterocycles. The van der Waals surface area contributed by atoms with Crippen molar-refractivity contribution < 1.29 is 22.6 Å². The molecule has 0 amide bonds. The highest BCUT2D eigenvalue weighted by atomic mass is 32.2. The molecule has 12 heteroatoms. The van der Waals surface area contributed by atoms with Crippen molar-refractivity contribution in [3.8, 4) is 5.75 Å². The van der Waals surface area contributed by atoms with Crippen LogP contribution in [-0.4, -0.2) is 49.8 Å². The molecule has 0 spiro atoms. The number of nitrogens with zero attached hydrogens (tertiary/aromatic N) is 2. The molecule has 1 fully saturated rings. The Bertz CT molecular complexity index is 1270. The van der Waals surface area contributed by atoms with Crippen LogP contribution >= 0.6 is 11.9 Å². The SMILES string of the molecule is CNc1c(N2CCOCC2)cnc(N)c1C(=N)c1ccc(NSC(F)F)c(OC(C)c2ccc(F)cc2)c1. The number of halogens is 3. The summed E-state index contributed by atoms with van der Waals surface area (Å²) in [5, 5.41) is 12.2. The molecule has 0 saturated carbocycles. The number of hydrogen-bond donors (Lipinski definition) is 4. The lowest BCUT2D eigenvalue weighted by molar-refractivity contribution is 0.122. The fourth-order valence-electron chi connectivity index (χ4n) is 4.17. The normalized spacial score (nSPS) is 14.3. The van der Waals surface area contributed by atoms with Gasteiger partial charge in [-0.05, 0) is 36.8 Å². The Morgan fingerprint density at radius 1 is 1.18 bits per heavy atom. The Hall–Kier alpha value is -3.64. The predicted octanol–water partition coefficient (Wildman–Crippen LogP) is 5.52. The van der Waals surface area contributed by atoms with Gasteiger partial charge in [0.15, 0.2) is 0 Å². The number of morpholine rings is 1. The standard InChI is InChI=1S/C26H29F3N6O2S/c1-15(16-3-6-18(27)7-4-16)37-21-13-17(5-8-19(21)34-38-26(28)29)23(30)22-24(32-2)20(14-33-25(22)31)35-9-11-36-12-10-35/h3-8,13-15,26,30,34H,9-12H2,1-2H3,(H3,31,32,33). The molecule has 38 heavy (non-hydrogen) atoms. The smallest absolute Gasteiger partial charge is 0.302 e. The van der Waals surface area contributed by atoms with E-state index in [1.54, 1.807) is 50.5 Å². The van der Waals surface area contributed by atoms with Gasteiger partial charge in [-0.2, -0.15) is 8.78 Å². The van der Waals surface area contributed by atoms with E-state index in [0.29, 0.717) is 54.4 Å². The largest absolute Gasteiger partial charge is 0.484 e. The van der Waals surface area contributed by atoms with Gasteiger partial charge in [-0.3, -0.25) is 5.41 Å². The first-order valence-corrected chi connectivity index (χ1v) is 12.8. The average molecular weight is 547 g/mol. The van der Waals surface area contributed by atoms with Gasteiger partial charge in [0.1, 0.15) is 23.5 Å². The van der Waals surface area contributed by atoms with Gasteiger partial charge < -0.3 is 30.1 Å². The van der Waals surface area contributed by atoms with Crippen LogP contribution in [0.2, 0.25) is 0 Å². The zero-order chi connectivity index (χ0) is 27.2. The van der Waals surface area contributed by atoms with E-state index in [2.05, 4.69) is 19.9 Å². The summed E-state index contributed by atoms with van der Waals surface area (Å²) in [4.78, 5) is 6.46. The fraction of sp³-hybridized carbons (Fsp3) is 0.308. The van der Waals surface area contributed by atoms with Crippen molar-refractivity contribution in [1.29, 1.82) is 5.41 Å². The monoisotopic (exact) mass is 546 g/mol. The van der Waals surface area contributed by atoms with Crippen LogP contribution in [0.15, 0.2) is 48.7 Å². The Balaban J connectivity index is 1.70. The molecule has 1 unspecified atom stereocenters. The summed E-state index contributed by atoms with van der Waals surface area (Å²) in [5.41, 5.74) is 9.67. The van der Waals surface area contributed by atoms with Crippen LogP contribution in [0.3, 0.4) is 0 Å². The molecule has 5 N–H and O–H groups in total. The summed E-state index contributed by atoms with van der Waals surface area (Å²) in [6.45, 7) is 4.28. The highest BCUT2D eigenvalue weighted by molar-refractivity contribution is 8.00. The van der Waals surface area contributed by atoms with Gasteiger partial charge in [0.05, 0.1) is 47.7 Å². The van der Waals surface area contributed by atoms with Gasteiger partial charge in [0.2, 0.25) is 0 Å². The number of hydrogen-bond acceptors (Lipinski definition) is 9. The number of rotatable bonds is 10. The lowest BCUT2D eigenvalue weighted by Crippen LogP contribution is -2.37. The minimum absolute atomic E-state index is 0.0850. The minimum atomic E-state index is -2.65. The first-order valence-electron chi connectivity index (χ1n) is 11.9. The second kappa shape index (κ2) is 12.3. The molecular weight excluding hydrogens is 517 g/mol. The van der Waals surface area contributed by atoms with E-state index in [0.717, 1.165) is 5.69 Å². The first kappa shape index (κ1) is 27.4. The van der Waals surface area contributed by atoms with E-state index in [1.807, 2.05) is 0 Å². The Morgan fingerprint density at radius 3 is 2.55 bits per heavy atom. The van der Waals surface area contributed by atoms with Crippen molar-refractivity contribution in [2.45, 2.75) is 18.8 Å². The van der Waals surface area contributed by atoms with E-state index < -0.39 is 11.9 Å². The van der Waals surface area contributed by atoms with Crippen molar-refractivity contribution in [3.63, 3.8) is 0 Å². The lowest BCUT2D eigenvalue weighted by atomic mass is 9.99. The molecule has 1 aliphatic rings. The number of anilines is 4. The summed E-state index contributed by atoms with van der Waals surface area (Å²) < 4.78 is 53.4. The van der Waals surface area contributed by atoms with E-state index in [9.17, 15) is 13.2 Å². The molecule has 3 aromatic rings. The van der Waals surface area contributed by atoms with E-state index in [1.165, 1.54) is 12.1 Å². The van der Waals surface area contributed by atoms with Crippen LogP contribution in [0.1, 0.15) is 29.7 Å². The van der Waals surface area contributed by atoms with E-state index >= 15 is 0 Å². The maximum Gasteiger partial charge on any atom is 0.302 e. The second-order valence-corrected chi connectivity index (χ2v) is 9.30. The van der Waals surface area contributed by atoms with Gasteiger partial charge >= 0.3 is 5.76 Å². The van der Waals surface area contributed by atoms with E-state index in [-0.39, 0.29) is 35.0 Å². The molecule has 1 saturated heterocycles. The van der Waals surface area contributed by atoms with Crippen LogP contribution in [-0.2, 0) is 4.74 Å². The maximum atomic E-state index is 13.4. The molecule has 1 aliphatic heterocycles. The van der Waals surface area contributed by atoms with Gasteiger partial charge in [-0.1, -0.05) is 18.2 Å². The van der Waals surface area contributed by atoms with Gasteiger partial charge in [-0.15, -0.1) is 0 Å². The molecule has 4 rings (SSSR count). The van der Waals surface area contributed by atoms with Crippen molar-refractivity contribution in [3.05, 3.63) is 71.2 Å². The summed E-state index contributed by atoms with van der Waals surface area (Å²) >= 11 is 0.238. The highest BCUT2D eigenvalue weighted by Gasteiger charge is 2.23. The third-order valence-corrected chi connectivity index (χ3v) is 6.63. The van der Waals surface area contributed by atoms with Crippen LogP contribution in [0.25, 0.3) is 0 Å². The molecule has 0 aliphatic carbocycles. The van der Waals surface area contributed by atoms with Gasteiger partial charge in [0, 0.05) is 37.6 Å². The molecule has 2 aromatic carbocycles. The Morgan fingerprint density at radius 2 is 1.89 bits per heavy atom. The number of benzene rings is 2. The third-order valence-electron chi connectivity index (χ3n) is 6.11. The zero-order valence-corrected chi connectivity index (χ0v) is 21.7. The average Bonchev–Trinajstić information content (AvgIpc) is 2.92. The summed E-state index contributed by atoms with van der Waals surface area (Å²) in [7, 11) is 1.75. The molecule has 0 radical (unpaired) electrons. The maximum absolute atomic E-state index is 13.4. The molecule has 1 atom stereocenters. The summed E-state index contributed by atoms with van der Waals surface area (Å²) in [5.74, 6) is -2.60. The summed E-state index contributed by atoms with van der Waals surface area (Å²) in [6, 6.07) is 10.6. The third kappa shape index (κ3) is 6.25. The molecular formula is C26H29F3N6O2S. The summed E-state index contributed by atoms with van der Waals surface area (Å²) in [6.07, 6.45) is 1.15. The number of aromatic nitrogens is 1. The highest BCUT2D eigenvalue weighted by Crippen LogP contribution is 2.37. The minimum Gasteiger partial charge on any atom is -0.484 e. The van der Waals surface area contributed by atoms with E-state index in [4.69, 9.17) is 20.6 Å². The topological polar surface area (TPSA) is 109 Å². The molecule has 8 nitrogen and oxygen atoms in total. The van der Waals surface area contributed by atoms with Crippen molar-refractivity contribution in [1.82, 2.24) is 4.98 Å². The predicted molar refractivity (Wildman–Crippen MR) is 146 cm³/mol. The second-order valence-electron chi connectivity index (χ2n) is 8.51. The van der Waals surface area contributed by atoms with Crippen molar-refractivity contribution in [2.75, 3.05) is 54.0 Å². The number of ether oxygens (including phenoxy) is 2. The molecule has 202 valence electrons.